The number of hydrogen-bond donors (Lipinski definition) is 0. The third-order valence-electron chi connectivity index (χ3n) is 5.14. The molecule has 152 valence electrons. The van der Waals surface area contributed by atoms with Crippen molar-refractivity contribution >= 4 is 21.5 Å². The fourth-order valence-electron chi connectivity index (χ4n) is 3.56. The van der Waals surface area contributed by atoms with Gasteiger partial charge in [-0.15, -0.1) is 11.3 Å². The van der Waals surface area contributed by atoms with Crippen molar-refractivity contribution in [3.8, 4) is 0 Å². The normalized spacial score (nSPS) is 20.4. The monoisotopic (exact) mass is 422 g/mol. The maximum absolute atomic E-state index is 12.7. The largest absolute Gasteiger partial charge is 0.379 e. The molecule has 0 radical (unpaired) electrons. The lowest BCUT2D eigenvalue weighted by Gasteiger charge is -2.37. The van der Waals surface area contributed by atoms with Gasteiger partial charge in [0.05, 0.1) is 23.9 Å². The fourth-order valence-corrected chi connectivity index (χ4v) is 5.94. The molecular formula is C19H26N4O3S2. The van der Waals surface area contributed by atoms with Crippen LogP contribution < -0.4 is 0 Å². The Balaban J connectivity index is 1.29. The maximum atomic E-state index is 12.7. The molecule has 9 heteroatoms. The molecule has 1 aromatic carbocycles. The van der Waals surface area contributed by atoms with E-state index in [2.05, 4.69) is 22.4 Å². The van der Waals surface area contributed by atoms with Crippen molar-refractivity contribution in [2.75, 3.05) is 52.5 Å². The predicted molar refractivity (Wildman–Crippen MR) is 110 cm³/mol. The SMILES string of the molecule is O=S(=O)(N1CCOCC1)N1CCN(Cc2csc(Cc3ccccc3)n2)CC1. The van der Waals surface area contributed by atoms with Crippen LogP contribution >= 0.6 is 11.3 Å². The van der Waals surface area contributed by atoms with Crippen LogP contribution in [0.15, 0.2) is 35.7 Å². The van der Waals surface area contributed by atoms with Crippen LogP contribution in [0.25, 0.3) is 0 Å². The van der Waals surface area contributed by atoms with Gasteiger partial charge in [-0.2, -0.15) is 17.0 Å². The summed E-state index contributed by atoms with van der Waals surface area (Å²) in [4.78, 5) is 7.05. The molecule has 0 unspecified atom stereocenters. The van der Waals surface area contributed by atoms with E-state index in [0.717, 1.165) is 36.8 Å². The number of aromatic nitrogens is 1. The highest BCUT2D eigenvalue weighted by molar-refractivity contribution is 7.86. The molecule has 2 aromatic rings. The van der Waals surface area contributed by atoms with Crippen LogP contribution in [-0.2, 0) is 27.9 Å². The number of nitrogens with zero attached hydrogens (tertiary/aromatic N) is 4. The van der Waals surface area contributed by atoms with Gasteiger partial charge in [-0.3, -0.25) is 4.90 Å². The van der Waals surface area contributed by atoms with Gasteiger partial charge in [0.2, 0.25) is 0 Å². The summed E-state index contributed by atoms with van der Waals surface area (Å²) in [6, 6.07) is 10.4. The Morgan fingerprint density at radius 1 is 0.964 bits per heavy atom. The Hall–Kier alpha value is -1.36. The third-order valence-corrected chi connectivity index (χ3v) is 8.07. The Labute approximate surface area is 170 Å². The summed E-state index contributed by atoms with van der Waals surface area (Å²) in [5, 5.41) is 3.24. The Morgan fingerprint density at radius 2 is 1.64 bits per heavy atom. The maximum Gasteiger partial charge on any atom is 0.282 e. The van der Waals surface area contributed by atoms with E-state index in [1.807, 2.05) is 18.2 Å². The van der Waals surface area contributed by atoms with E-state index < -0.39 is 10.2 Å². The van der Waals surface area contributed by atoms with E-state index in [0.29, 0.717) is 39.4 Å². The van der Waals surface area contributed by atoms with Crippen LogP contribution in [0.1, 0.15) is 16.3 Å². The zero-order chi connectivity index (χ0) is 19.4. The van der Waals surface area contributed by atoms with Gasteiger partial charge in [-0.25, -0.2) is 4.98 Å². The predicted octanol–water partition coefficient (Wildman–Crippen LogP) is 1.43. The average molecular weight is 423 g/mol. The van der Waals surface area contributed by atoms with E-state index in [1.165, 1.54) is 5.56 Å². The molecule has 2 aliphatic heterocycles. The zero-order valence-corrected chi connectivity index (χ0v) is 17.5. The van der Waals surface area contributed by atoms with Gasteiger partial charge in [-0.05, 0) is 5.56 Å². The minimum Gasteiger partial charge on any atom is -0.379 e. The zero-order valence-electron chi connectivity index (χ0n) is 15.9. The molecule has 0 bridgehead atoms. The van der Waals surface area contributed by atoms with E-state index in [4.69, 9.17) is 9.72 Å². The topological polar surface area (TPSA) is 66.0 Å². The van der Waals surface area contributed by atoms with E-state index in [1.54, 1.807) is 19.9 Å². The Morgan fingerprint density at radius 3 is 2.36 bits per heavy atom. The van der Waals surface area contributed by atoms with Crippen molar-refractivity contribution in [2.24, 2.45) is 0 Å². The van der Waals surface area contributed by atoms with Crippen LogP contribution in [0.3, 0.4) is 0 Å². The molecule has 0 amide bonds. The van der Waals surface area contributed by atoms with Gasteiger partial charge in [-0.1, -0.05) is 30.3 Å². The first-order valence-corrected chi connectivity index (χ1v) is 11.9. The highest BCUT2D eigenvalue weighted by Gasteiger charge is 2.33. The van der Waals surface area contributed by atoms with Crippen LogP contribution in [0.4, 0.5) is 0 Å². The summed E-state index contributed by atoms with van der Waals surface area (Å²) in [6.07, 6.45) is 0.858. The van der Waals surface area contributed by atoms with Crippen molar-refractivity contribution in [3.05, 3.63) is 52.0 Å². The summed E-state index contributed by atoms with van der Waals surface area (Å²) in [5.41, 5.74) is 2.34. The van der Waals surface area contributed by atoms with Crippen LogP contribution in [-0.4, -0.2) is 79.4 Å². The molecule has 7 nitrogen and oxygen atoms in total. The molecule has 3 heterocycles. The summed E-state index contributed by atoms with van der Waals surface area (Å²) in [6.45, 7) is 5.15. The van der Waals surface area contributed by atoms with Gasteiger partial charge < -0.3 is 4.74 Å². The van der Waals surface area contributed by atoms with E-state index >= 15 is 0 Å². The molecule has 28 heavy (non-hydrogen) atoms. The molecule has 1 aromatic heterocycles. The highest BCUT2D eigenvalue weighted by Crippen LogP contribution is 2.18. The minimum atomic E-state index is -3.37. The molecule has 2 aliphatic rings. The van der Waals surface area contributed by atoms with Gasteiger partial charge >= 0.3 is 0 Å². The first-order valence-electron chi connectivity index (χ1n) is 9.64. The Bertz CT molecular complexity index is 858. The quantitative estimate of drug-likeness (QED) is 0.705. The van der Waals surface area contributed by atoms with Crippen LogP contribution in [0, 0.1) is 0 Å². The fraction of sp³-hybridized carbons (Fsp3) is 0.526. The molecule has 2 saturated heterocycles. The molecule has 2 fully saturated rings. The van der Waals surface area contributed by atoms with Crippen molar-refractivity contribution in [1.82, 2.24) is 18.5 Å². The van der Waals surface area contributed by atoms with Crippen molar-refractivity contribution in [2.45, 2.75) is 13.0 Å². The van der Waals surface area contributed by atoms with Gasteiger partial charge in [0, 0.05) is 57.6 Å². The van der Waals surface area contributed by atoms with E-state index in [9.17, 15) is 8.42 Å². The first kappa shape index (κ1) is 19.9. The average Bonchev–Trinajstić information content (AvgIpc) is 3.16. The number of morpholine rings is 1. The molecule has 0 spiro atoms. The number of piperazine rings is 1. The second kappa shape index (κ2) is 8.98. The minimum absolute atomic E-state index is 0.450. The second-order valence-electron chi connectivity index (χ2n) is 7.09. The van der Waals surface area contributed by atoms with Crippen LogP contribution in [0.2, 0.25) is 0 Å². The van der Waals surface area contributed by atoms with Gasteiger partial charge in [0.25, 0.3) is 10.2 Å². The summed E-state index contributed by atoms with van der Waals surface area (Å²) in [5.74, 6) is 0. The molecule has 0 atom stereocenters. The lowest BCUT2D eigenvalue weighted by Crippen LogP contribution is -2.54. The smallest absolute Gasteiger partial charge is 0.282 e. The molecule has 4 rings (SSSR count). The van der Waals surface area contributed by atoms with Crippen LogP contribution in [0.5, 0.6) is 0 Å². The number of ether oxygens (including phenoxy) is 1. The molecule has 0 saturated carbocycles. The molecule has 0 aliphatic carbocycles. The third kappa shape index (κ3) is 4.79. The second-order valence-corrected chi connectivity index (χ2v) is 9.96. The first-order chi connectivity index (χ1) is 13.6. The summed E-state index contributed by atoms with van der Waals surface area (Å²) >= 11 is 1.69. The lowest BCUT2D eigenvalue weighted by molar-refractivity contribution is 0.0683. The Kier molecular flexibility index (Phi) is 6.39. The summed E-state index contributed by atoms with van der Waals surface area (Å²) < 4.78 is 33.9. The molecule has 0 N–H and O–H groups in total. The number of thiazole rings is 1. The van der Waals surface area contributed by atoms with Gasteiger partial charge in [0.15, 0.2) is 0 Å². The standard InChI is InChI=1S/C19H26N4O3S2/c24-28(25,23-10-12-26-13-11-23)22-8-6-21(7-9-22)15-18-16-27-19(20-18)14-17-4-2-1-3-5-17/h1-5,16H,6-15H2. The number of hydrogen-bond acceptors (Lipinski definition) is 6. The van der Waals surface area contributed by atoms with E-state index in [-0.39, 0.29) is 0 Å². The number of rotatable bonds is 6. The summed E-state index contributed by atoms with van der Waals surface area (Å²) in [7, 11) is -3.37. The lowest BCUT2D eigenvalue weighted by atomic mass is 10.2. The molecular weight excluding hydrogens is 396 g/mol. The van der Waals surface area contributed by atoms with Crippen molar-refractivity contribution < 1.29 is 13.2 Å². The highest BCUT2D eigenvalue weighted by atomic mass is 32.2. The number of benzene rings is 1. The van der Waals surface area contributed by atoms with Crippen molar-refractivity contribution in [1.29, 1.82) is 0 Å². The van der Waals surface area contributed by atoms with Gasteiger partial charge in [0.1, 0.15) is 0 Å². The van der Waals surface area contributed by atoms with Crippen molar-refractivity contribution in [3.63, 3.8) is 0 Å².